The van der Waals surface area contributed by atoms with Gasteiger partial charge in [0, 0.05) is 18.7 Å². The highest BCUT2D eigenvalue weighted by atomic mass is 35.5. The maximum Gasteiger partial charge on any atom is 0.232 e. The highest BCUT2D eigenvalue weighted by Crippen LogP contribution is 2.29. The van der Waals surface area contributed by atoms with Crippen LogP contribution in [-0.2, 0) is 4.74 Å². The van der Waals surface area contributed by atoms with E-state index in [2.05, 4.69) is 10.2 Å². The molecule has 0 N–H and O–H groups in total. The van der Waals surface area contributed by atoms with Crippen LogP contribution in [0.4, 0.5) is 10.3 Å². The summed E-state index contributed by atoms with van der Waals surface area (Å²) in [6, 6.07) is 11.0. The van der Waals surface area contributed by atoms with Crippen LogP contribution >= 0.6 is 35.0 Å². The summed E-state index contributed by atoms with van der Waals surface area (Å²) >= 11 is 13.2. The Labute approximate surface area is 186 Å². The Bertz CT molecular complexity index is 1070. The van der Waals surface area contributed by atoms with Crippen LogP contribution in [0.5, 0.6) is 0 Å². The zero-order valence-corrected chi connectivity index (χ0v) is 18.1. The number of hydrogen-bond acceptors (Lipinski definition) is 6. The van der Waals surface area contributed by atoms with Crippen molar-refractivity contribution in [3.05, 3.63) is 63.9 Å². The summed E-state index contributed by atoms with van der Waals surface area (Å²) in [5.74, 6) is 0.222. The first-order valence-electron chi connectivity index (χ1n) is 9.18. The number of benzene rings is 2. The lowest BCUT2D eigenvalue weighted by Crippen LogP contribution is -2.37. The highest BCUT2D eigenvalue weighted by Gasteiger charge is 2.23. The van der Waals surface area contributed by atoms with E-state index in [1.54, 1.807) is 34.9 Å². The predicted molar refractivity (Wildman–Crippen MR) is 116 cm³/mol. The molecular formula is C20H17Cl2FN4O2S. The van der Waals surface area contributed by atoms with Crippen molar-refractivity contribution in [2.24, 2.45) is 0 Å². The molecule has 0 aliphatic carbocycles. The van der Waals surface area contributed by atoms with E-state index in [-0.39, 0.29) is 17.4 Å². The minimum Gasteiger partial charge on any atom is -0.378 e. The van der Waals surface area contributed by atoms with Crippen molar-refractivity contribution in [2.45, 2.75) is 5.16 Å². The molecule has 0 radical (unpaired) electrons. The number of hydrogen-bond donors (Lipinski definition) is 0. The number of ether oxygens (including phenoxy) is 1. The third-order valence-corrected chi connectivity index (χ3v) is 6.22. The number of ketones is 1. The van der Waals surface area contributed by atoms with E-state index in [4.69, 9.17) is 27.9 Å². The van der Waals surface area contributed by atoms with Crippen LogP contribution in [0.3, 0.4) is 0 Å². The molecule has 1 aliphatic rings. The smallest absolute Gasteiger partial charge is 0.232 e. The van der Waals surface area contributed by atoms with E-state index in [1.807, 2.05) is 4.90 Å². The predicted octanol–water partition coefficient (Wildman–Crippen LogP) is 4.52. The second-order valence-electron chi connectivity index (χ2n) is 6.54. The van der Waals surface area contributed by atoms with Gasteiger partial charge in [-0.2, -0.15) is 0 Å². The molecule has 2 heterocycles. The topological polar surface area (TPSA) is 60.3 Å². The Hall–Kier alpha value is -2.13. The van der Waals surface area contributed by atoms with Crippen LogP contribution in [0.2, 0.25) is 10.0 Å². The Morgan fingerprint density at radius 1 is 1.10 bits per heavy atom. The van der Waals surface area contributed by atoms with Crippen molar-refractivity contribution in [3.63, 3.8) is 0 Å². The van der Waals surface area contributed by atoms with Crippen LogP contribution in [0, 0.1) is 5.82 Å². The summed E-state index contributed by atoms with van der Waals surface area (Å²) in [5.41, 5.74) is 1.05. The zero-order valence-electron chi connectivity index (χ0n) is 15.7. The monoisotopic (exact) mass is 466 g/mol. The number of nitrogens with zero attached hydrogens (tertiary/aromatic N) is 4. The average molecular weight is 467 g/mol. The fourth-order valence-corrected chi connectivity index (χ4v) is 4.19. The van der Waals surface area contributed by atoms with Crippen molar-refractivity contribution in [2.75, 3.05) is 37.0 Å². The zero-order chi connectivity index (χ0) is 21.1. The Morgan fingerprint density at radius 3 is 2.63 bits per heavy atom. The van der Waals surface area contributed by atoms with Crippen LogP contribution in [0.1, 0.15) is 10.4 Å². The Morgan fingerprint density at radius 2 is 1.90 bits per heavy atom. The number of carbonyl (C=O) groups is 1. The SMILES string of the molecule is O=C(CSc1nnc(N2CCOCC2)n1-c1cccc(F)c1)c1ccc(Cl)c(Cl)c1. The molecule has 4 rings (SSSR count). The number of Topliss-reactive ketones (excluding diaryl/α,β-unsaturated/α-hetero) is 1. The van der Waals surface area contributed by atoms with Crippen molar-refractivity contribution in [3.8, 4) is 5.69 Å². The third-order valence-electron chi connectivity index (χ3n) is 4.55. The van der Waals surface area contributed by atoms with Gasteiger partial charge >= 0.3 is 0 Å². The summed E-state index contributed by atoms with van der Waals surface area (Å²) in [7, 11) is 0. The number of halogens is 3. The molecule has 156 valence electrons. The van der Waals surface area contributed by atoms with Gasteiger partial charge < -0.3 is 9.64 Å². The van der Waals surface area contributed by atoms with Gasteiger partial charge in [-0.1, -0.05) is 41.0 Å². The van der Waals surface area contributed by atoms with E-state index >= 15 is 0 Å². The Balaban J connectivity index is 1.61. The minimum atomic E-state index is -0.364. The van der Waals surface area contributed by atoms with E-state index in [1.165, 1.54) is 23.9 Å². The number of morpholine rings is 1. The fraction of sp³-hybridized carbons (Fsp3) is 0.250. The van der Waals surface area contributed by atoms with Crippen LogP contribution in [0.25, 0.3) is 5.69 Å². The minimum absolute atomic E-state index is 0.120. The van der Waals surface area contributed by atoms with Crippen LogP contribution in [-0.4, -0.2) is 52.6 Å². The number of rotatable bonds is 6. The van der Waals surface area contributed by atoms with Gasteiger partial charge in [-0.25, -0.2) is 4.39 Å². The number of carbonyl (C=O) groups excluding carboxylic acids is 1. The summed E-state index contributed by atoms with van der Waals surface area (Å²) < 4.78 is 21.1. The number of anilines is 1. The lowest BCUT2D eigenvalue weighted by Gasteiger charge is -2.27. The lowest BCUT2D eigenvalue weighted by atomic mass is 10.1. The van der Waals surface area contributed by atoms with Crippen LogP contribution < -0.4 is 4.90 Å². The molecule has 30 heavy (non-hydrogen) atoms. The lowest BCUT2D eigenvalue weighted by molar-refractivity contribution is 0.102. The van der Waals surface area contributed by atoms with Gasteiger partial charge in [0.05, 0.1) is 34.7 Å². The molecule has 1 aliphatic heterocycles. The van der Waals surface area contributed by atoms with E-state index in [0.717, 1.165) is 0 Å². The maximum absolute atomic E-state index is 13.9. The average Bonchev–Trinajstić information content (AvgIpc) is 3.18. The second kappa shape index (κ2) is 9.34. The highest BCUT2D eigenvalue weighted by molar-refractivity contribution is 7.99. The van der Waals surface area contributed by atoms with E-state index in [9.17, 15) is 9.18 Å². The van der Waals surface area contributed by atoms with Gasteiger partial charge in [0.15, 0.2) is 10.9 Å². The molecule has 0 bridgehead atoms. The molecule has 1 aromatic heterocycles. The summed E-state index contributed by atoms with van der Waals surface area (Å²) in [5, 5.41) is 9.79. The van der Waals surface area contributed by atoms with Crippen molar-refractivity contribution < 1.29 is 13.9 Å². The van der Waals surface area contributed by atoms with E-state index in [0.29, 0.717) is 58.7 Å². The summed E-state index contributed by atoms with van der Waals surface area (Å²) in [4.78, 5) is 14.7. The van der Waals surface area contributed by atoms with E-state index < -0.39 is 0 Å². The standard InChI is InChI=1S/C20H17Cl2FN4O2S/c21-16-5-4-13(10-17(16)22)18(28)12-30-20-25-24-19(26-6-8-29-9-7-26)27(20)15-3-1-2-14(23)11-15/h1-5,10-11H,6-9,12H2. The normalized spacial score (nSPS) is 14.2. The molecule has 0 atom stereocenters. The first kappa shape index (κ1) is 21.1. The van der Waals surface area contributed by atoms with Gasteiger partial charge in [0.2, 0.25) is 5.95 Å². The van der Waals surface area contributed by atoms with Crippen LogP contribution in [0.15, 0.2) is 47.6 Å². The van der Waals surface area contributed by atoms with Crippen molar-refractivity contribution in [1.82, 2.24) is 14.8 Å². The second-order valence-corrected chi connectivity index (χ2v) is 8.29. The third kappa shape index (κ3) is 4.62. The van der Waals surface area contributed by atoms with Gasteiger partial charge in [0.25, 0.3) is 0 Å². The fourth-order valence-electron chi connectivity index (χ4n) is 3.05. The summed E-state index contributed by atoms with van der Waals surface area (Å²) in [6.07, 6.45) is 0. The molecule has 0 spiro atoms. The van der Waals surface area contributed by atoms with Gasteiger partial charge in [-0.05, 0) is 36.4 Å². The molecule has 3 aromatic rings. The quantitative estimate of drug-likeness (QED) is 0.393. The maximum atomic E-state index is 13.9. The first-order chi connectivity index (χ1) is 14.5. The van der Waals surface area contributed by atoms with Gasteiger partial charge in [-0.15, -0.1) is 10.2 Å². The molecule has 0 unspecified atom stereocenters. The molecule has 0 saturated carbocycles. The largest absolute Gasteiger partial charge is 0.378 e. The number of thioether (sulfide) groups is 1. The molecular weight excluding hydrogens is 450 g/mol. The van der Waals surface area contributed by atoms with Gasteiger partial charge in [0.1, 0.15) is 5.82 Å². The Kier molecular flexibility index (Phi) is 6.58. The molecule has 2 aromatic carbocycles. The molecule has 10 heteroatoms. The first-order valence-corrected chi connectivity index (χ1v) is 10.9. The van der Waals surface area contributed by atoms with Crippen molar-refractivity contribution in [1.29, 1.82) is 0 Å². The number of aromatic nitrogens is 3. The molecule has 1 fully saturated rings. The van der Waals surface area contributed by atoms with Gasteiger partial charge in [-0.3, -0.25) is 9.36 Å². The summed E-state index contributed by atoms with van der Waals surface area (Å²) in [6.45, 7) is 2.46. The molecule has 0 amide bonds. The van der Waals surface area contributed by atoms with Crippen molar-refractivity contribution >= 4 is 46.7 Å². The molecule has 1 saturated heterocycles. The molecule has 6 nitrogen and oxygen atoms in total.